The van der Waals surface area contributed by atoms with E-state index in [4.69, 9.17) is 11.6 Å². The minimum absolute atomic E-state index is 0.00364. The Hall–Kier alpha value is -3.43. The first-order chi connectivity index (χ1) is 20.1. The van der Waals surface area contributed by atoms with Crippen LogP contribution in [-0.2, 0) is 26.2 Å². The van der Waals surface area contributed by atoms with Crippen LogP contribution < -0.4 is 9.62 Å². The highest BCUT2D eigenvalue weighted by Crippen LogP contribution is 2.27. The monoisotopic (exact) mass is 613 g/mol. The summed E-state index contributed by atoms with van der Waals surface area (Å²) in [5.41, 5.74) is 1.72. The Morgan fingerprint density at radius 3 is 2.29 bits per heavy atom. The summed E-state index contributed by atoms with van der Waals surface area (Å²) >= 11 is 6.23. The molecule has 0 aromatic heterocycles. The van der Waals surface area contributed by atoms with Crippen LogP contribution in [0, 0.1) is 12.7 Å². The largest absolute Gasteiger partial charge is 0.352 e. The van der Waals surface area contributed by atoms with Crippen LogP contribution in [0.1, 0.15) is 56.6 Å². The predicted octanol–water partition coefficient (Wildman–Crippen LogP) is 6.24. The van der Waals surface area contributed by atoms with Crippen molar-refractivity contribution in [3.8, 4) is 0 Å². The Balaban J connectivity index is 1.70. The number of nitrogens with one attached hydrogen (secondary N) is 1. The third kappa shape index (κ3) is 7.89. The molecule has 42 heavy (non-hydrogen) atoms. The van der Waals surface area contributed by atoms with Gasteiger partial charge in [0.1, 0.15) is 18.4 Å². The summed E-state index contributed by atoms with van der Waals surface area (Å²) in [5, 5.41) is 3.42. The van der Waals surface area contributed by atoms with Crippen molar-refractivity contribution in [1.82, 2.24) is 10.2 Å². The predicted molar refractivity (Wildman–Crippen MR) is 163 cm³/mol. The smallest absolute Gasteiger partial charge is 0.264 e. The minimum atomic E-state index is -4.19. The second-order valence-corrected chi connectivity index (χ2v) is 13.0. The van der Waals surface area contributed by atoms with Crippen LogP contribution in [0.4, 0.5) is 10.1 Å². The molecule has 1 aliphatic carbocycles. The van der Waals surface area contributed by atoms with Gasteiger partial charge in [-0.2, -0.15) is 0 Å². The fourth-order valence-corrected chi connectivity index (χ4v) is 6.84. The lowest BCUT2D eigenvalue weighted by Crippen LogP contribution is -2.54. The molecule has 1 N–H and O–H groups in total. The maximum absolute atomic E-state index is 14.1. The van der Waals surface area contributed by atoms with Gasteiger partial charge in [0.25, 0.3) is 10.0 Å². The van der Waals surface area contributed by atoms with Gasteiger partial charge in [0, 0.05) is 17.6 Å². The number of carbonyl (C=O) groups excluding carboxylic acids is 2. The van der Waals surface area contributed by atoms with E-state index in [9.17, 15) is 22.4 Å². The highest BCUT2D eigenvalue weighted by atomic mass is 35.5. The molecule has 0 aliphatic heterocycles. The normalized spacial score (nSPS) is 14.7. The van der Waals surface area contributed by atoms with Crippen LogP contribution in [0.5, 0.6) is 0 Å². The molecule has 3 aromatic rings. The number of sulfonamides is 1. The van der Waals surface area contributed by atoms with E-state index in [1.54, 1.807) is 42.5 Å². The Morgan fingerprint density at radius 2 is 1.67 bits per heavy atom. The van der Waals surface area contributed by atoms with E-state index >= 15 is 0 Å². The number of halogens is 2. The lowest BCUT2D eigenvalue weighted by atomic mass is 9.95. The highest BCUT2D eigenvalue weighted by molar-refractivity contribution is 7.92. The van der Waals surface area contributed by atoms with Gasteiger partial charge in [0.05, 0.1) is 10.6 Å². The summed E-state index contributed by atoms with van der Waals surface area (Å²) in [4.78, 5) is 29.1. The average molecular weight is 614 g/mol. The van der Waals surface area contributed by atoms with Crippen molar-refractivity contribution >= 4 is 39.1 Å². The summed E-state index contributed by atoms with van der Waals surface area (Å²) in [6.07, 6.45) is 5.27. The first-order valence-electron chi connectivity index (χ1n) is 14.3. The van der Waals surface area contributed by atoms with Gasteiger partial charge >= 0.3 is 0 Å². The second-order valence-electron chi connectivity index (χ2n) is 10.7. The summed E-state index contributed by atoms with van der Waals surface area (Å²) < 4.78 is 42.6. The SMILES string of the molecule is CC[C@@H](C(=O)NC1CCCCC1)N(Cc1ccc(F)cc1)C(=O)CN(c1cccc(Cl)c1)S(=O)(=O)c1ccc(C)cc1. The first kappa shape index (κ1) is 31.5. The molecule has 10 heteroatoms. The quantitative estimate of drug-likeness (QED) is 0.277. The van der Waals surface area contributed by atoms with Crippen LogP contribution in [0.25, 0.3) is 0 Å². The first-order valence-corrected chi connectivity index (χ1v) is 16.1. The Morgan fingerprint density at radius 1 is 1.00 bits per heavy atom. The number of nitrogens with zero attached hydrogens (tertiary/aromatic N) is 2. The fraction of sp³-hybridized carbons (Fsp3) is 0.375. The number of hydrogen-bond donors (Lipinski definition) is 1. The van der Waals surface area contributed by atoms with Crippen LogP contribution in [-0.4, -0.2) is 43.8 Å². The number of carbonyl (C=O) groups is 2. The Kier molecular flexibility index (Phi) is 10.6. The molecule has 4 rings (SSSR count). The average Bonchev–Trinajstić information content (AvgIpc) is 2.97. The molecular weight excluding hydrogens is 577 g/mol. The van der Waals surface area contributed by atoms with Gasteiger partial charge in [0.2, 0.25) is 11.8 Å². The van der Waals surface area contributed by atoms with E-state index in [1.807, 2.05) is 13.8 Å². The molecular formula is C32H37ClFN3O4S. The highest BCUT2D eigenvalue weighted by Gasteiger charge is 2.34. The summed E-state index contributed by atoms with van der Waals surface area (Å²) in [6, 6.07) is 17.5. The molecule has 3 aromatic carbocycles. The van der Waals surface area contributed by atoms with Crippen molar-refractivity contribution in [2.45, 2.75) is 75.9 Å². The van der Waals surface area contributed by atoms with Gasteiger partial charge in [-0.15, -0.1) is 0 Å². The van der Waals surface area contributed by atoms with Gasteiger partial charge in [-0.25, -0.2) is 12.8 Å². The molecule has 224 valence electrons. The third-order valence-corrected chi connectivity index (χ3v) is 9.61. The number of anilines is 1. The zero-order valence-electron chi connectivity index (χ0n) is 23.9. The molecule has 2 amide bonds. The van der Waals surface area contributed by atoms with E-state index in [0.717, 1.165) is 42.0 Å². The molecule has 0 heterocycles. The molecule has 0 unspecified atom stereocenters. The van der Waals surface area contributed by atoms with Gasteiger partial charge in [0.15, 0.2) is 0 Å². The maximum atomic E-state index is 14.1. The van der Waals surface area contributed by atoms with E-state index in [0.29, 0.717) is 17.0 Å². The van der Waals surface area contributed by atoms with Crippen LogP contribution in [0.3, 0.4) is 0 Å². The Labute approximate surface area is 252 Å². The lowest BCUT2D eigenvalue weighted by Gasteiger charge is -2.34. The van der Waals surface area contributed by atoms with E-state index < -0.39 is 34.3 Å². The topological polar surface area (TPSA) is 86.8 Å². The molecule has 1 atom stereocenters. The van der Waals surface area contributed by atoms with Crippen molar-refractivity contribution in [3.05, 3.63) is 94.8 Å². The molecule has 0 bridgehead atoms. The second kappa shape index (κ2) is 14.2. The maximum Gasteiger partial charge on any atom is 0.264 e. The summed E-state index contributed by atoms with van der Waals surface area (Å²) in [6.45, 7) is 3.10. The van der Waals surface area contributed by atoms with Crippen LogP contribution in [0.15, 0.2) is 77.7 Å². The fourth-order valence-electron chi connectivity index (χ4n) is 5.25. The molecule has 1 aliphatic rings. The third-order valence-electron chi connectivity index (χ3n) is 7.59. The van der Waals surface area contributed by atoms with E-state index in [-0.39, 0.29) is 29.1 Å². The van der Waals surface area contributed by atoms with Gasteiger partial charge in [-0.1, -0.05) is 73.7 Å². The van der Waals surface area contributed by atoms with Crippen LogP contribution >= 0.6 is 11.6 Å². The molecule has 1 saturated carbocycles. The number of hydrogen-bond acceptors (Lipinski definition) is 4. The van der Waals surface area contributed by atoms with Gasteiger partial charge in [-0.3, -0.25) is 13.9 Å². The van der Waals surface area contributed by atoms with Gasteiger partial charge in [-0.05, 0) is 74.2 Å². The molecule has 0 radical (unpaired) electrons. The Bertz CT molecular complexity index is 1480. The van der Waals surface area contributed by atoms with Crippen molar-refractivity contribution < 1.29 is 22.4 Å². The standard InChI is InChI=1S/C32H37ClFN3O4S/c1-3-30(32(39)35-27-9-5-4-6-10-27)36(21-24-14-16-26(34)17-15-24)31(38)22-37(28-11-7-8-25(33)20-28)42(40,41)29-18-12-23(2)13-19-29/h7-8,11-20,27,30H,3-6,9-10,21-22H2,1-2H3,(H,35,39)/t30-/m0/s1. The molecule has 0 spiro atoms. The van der Waals surface area contributed by atoms with Gasteiger partial charge < -0.3 is 10.2 Å². The molecule has 0 saturated heterocycles. The van der Waals surface area contributed by atoms with Crippen molar-refractivity contribution in [2.75, 3.05) is 10.8 Å². The summed E-state index contributed by atoms with van der Waals surface area (Å²) in [5.74, 6) is -1.27. The zero-order valence-corrected chi connectivity index (χ0v) is 25.5. The van der Waals surface area contributed by atoms with Crippen molar-refractivity contribution in [3.63, 3.8) is 0 Å². The zero-order chi connectivity index (χ0) is 30.3. The van der Waals surface area contributed by atoms with E-state index in [2.05, 4.69) is 5.32 Å². The van der Waals surface area contributed by atoms with E-state index in [1.165, 1.54) is 35.2 Å². The summed E-state index contributed by atoms with van der Waals surface area (Å²) in [7, 11) is -4.19. The van der Waals surface area contributed by atoms with Crippen LogP contribution in [0.2, 0.25) is 5.02 Å². The molecule has 7 nitrogen and oxygen atoms in total. The lowest BCUT2D eigenvalue weighted by molar-refractivity contribution is -0.140. The molecule has 1 fully saturated rings. The number of aryl methyl sites for hydroxylation is 1. The van der Waals surface area contributed by atoms with Crippen molar-refractivity contribution in [1.29, 1.82) is 0 Å². The number of benzene rings is 3. The number of amides is 2. The minimum Gasteiger partial charge on any atom is -0.352 e. The van der Waals surface area contributed by atoms with Crippen molar-refractivity contribution in [2.24, 2.45) is 0 Å². The number of rotatable bonds is 11.